The minimum atomic E-state index is -0.409. The molecule has 1 heterocycles. The van der Waals surface area contributed by atoms with E-state index in [-0.39, 0.29) is 10.2 Å². The van der Waals surface area contributed by atoms with Crippen molar-refractivity contribution in [1.82, 2.24) is 0 Å². The van der Waals surface area contributed by atoms with Gasteiger partial charge in [0.25, 0.3) is 0 Å². The summed E-state index contributed by atoms with van der Waals surface area (Å²) in [4.78, 5) is 25.5. The number of hydrogen-bond acceptors (Lipinski definition) is 5. The van der Waals surface area contributed by atoms with Crippen molar-refractivity contribution in [3.05, 3.63) is 59.2 Å². The standard InChI is InChI=1S/C23H26O4S/c1-6-26-20(24)15-7-10-17(11-8-15)27-21(25)16-9-12-18-19(13-16)28-23(4,5)14-22(18,2)3/h7-13H,6,14H2,1-5H3. The second kappa shape index (κ2) is 7.63. The predicted molar refractivity (Wildman–Crippen MR) is 111 cm³/mol. The third kappa shape index (κ3) is 4.41. The van der Waals surface area contributed by atoms with Gasteiger partial charge in [0.15, 0.2) is 0 Å². The number of esters is 2. The maximum absolute atomic E-state index is 12.6. The zero-order valence-corrected chi connectivity index (χ0v) is 17.8. The van der Waals surface area contributed by atoms with Gasteiger partial charge in [-0.1, -0.05) is 33.8 Å². The molecule has 0 unspecified atom stereocenters. The lowest BCUT2D eigenvalue weighted by molar-refractivity contribution is 0.0526. The zero-order chi connectivity index (χ0) is 20.5. The first kappa shape index (κ1) is 20.5. The van der Waals surface area contributed by atoms with Crippen LogP contribution in [0.5, 0.6) is 5.75 Å². The lowest BCUT2D eigenvalue weighted by atomic mass is 9.77. The number of hydrogen-bond donors (Lipinski definition) is 0. The molecule has 0 saturated carbocycles. The van der Waals surface area contributed by atoms with Crippen molar-refractivity contribution in [3.8, 4) is 5.75 Å². The Kier molecular flexibility index (Phi) is 5.57. The topological polar surface area (TPSA) is 52.6 Å². The Labute approximate surface area is 170 Å². The van der Waals surface area contributed by atoms with Crippen molar-refractivity contribution in [3.63, 3.8) is 0 Å². The highest BCUT2D eigenvalue weighted by atomic mass is 32.2. The SMILES string of the molecule is CCOC(=O)c1ccc(OC(=O)c2ccc3c(c2)SC(C)(C)CC3(C)C)cc1. The van der Waals surface area contributed by atoms with E-state index < -0.39 is 11.9 Å². The molecule has 0 bridgehead atoms. The molecule has 3 rings (SSSR count). The van der Waals surface area contributed by atoms with Gasteiger partial charge < -0.3 is 9.47 Å². The van der Waals surface area contributed by atoms with E-state index in [1.54, 1.807) is 43.0 Å². The van der Waals surface area contributed by atoms with Crippen LogP contribution < -0.4 is 4.74 Å². The van der Waals surface area contributed by atoms with Gasteiger partial charge in [-0.15, -0.1) is 11.8 Å². The largest absolute Gasteiger partial charge is 0.462 e. The molecule has 1 aliphatic heterocycles. The third-order valence-corrected chi connectivity index (χ3v) is 6.03. The molecule has 0 N–H and O–H groups in total. The molecule has 0 atom stereocenters. The first-order chi connectivity index (χ1) is 13.1. The number of benzene rings is 2. The van der Waals surface area contributed by atoms with Crippen LogP contribution >= 0.6 is 11.8 Å². The van der Waals surface area contributed by atoms with E-state index >= 15 is 0 Å². The van der Waals surface area contributed by atoms with Crippen molar-refractivity contribution in [2.45, 2.75) is 56.1 Å². The molecule has 28 heavy (non-hydrogen) atoms. The van der Waals surface area contributed by atoms with Gasteiger partial charge in [-0.2, -0.15) is 0 Å². The molecular weight excluding hydrogens is 372 g/mol. The number of fused-ring (bicyclic) bond motifs is 1. The van der Waals surface area contributed by atoms with E-state index in [1.165, 1.54) is 5.56 Å². The van der Waals surface area contributed by atoms with Crippen LogP contribution in [-0.4, -0.2) is 23.3 Å². The van der Waals surface area contributed by atoms with Crippen LogP contribution in [-0.2, 0) is 10.2 Å². The minimum Gasteiger partial charge on any atom is -0.462 e. The van der Waals surface area contributed by atoms with Crippen LogP contribution in [0.1, 0.15) is 67.3 Å². The van der Waals surface area contributed by atoms with Crippen molar-refractivity contribution in [2.24, 2.45) is 0 Å². The maximum atomic E-state index is 12.6. The van der Waals surface area contributed by atoms with Gasteiger partial charge in [0, 0.05) is 9.64 Å². The molecule has 0 amide bonds. The fourth-order valence-corrected chi connectivity index (χ4v) is 5.49. The average molecular weight is 399 g/mol. The Morgan fingerprint density at radius 3 is 2.25 bits per heavy atom. The molecule has 1 aliphatic rings. The Hall–Kier alpha value is -2.27. The van der Waals surface area contributed by atoms with Gasteiger partial charge in [0.05, 0.1) is 17.7 Å². The van der Waals surface area contributed by atoms with Crippen molar-refractivity contribution >= 4 is 23.7 Å². The molecule has 0 fully saturated rings. The van der Waals surface area contributed by atoms with Gasteiger partial charge in [-0.3, -0.25) is 0 Å². The summed E-state index contributed by atoms with van der Waals surface area (Å²) in [6, 6.07) is 12.2. The second-order valence-electron chi connectivity index (χ2n) is 8.27. The monoisotopic (exact) mass is 398 g/mol. The van der Waals surface area contributed by atoms with E-state index in [0.29, 0.717) is 23.5 Å². The molecule has 0 radical (unpaired) electrons. The van der Waals surface area contributed by atoms with E-state index in [2.05, 4.69) is 27.7 Å². The molecule has 0 spiro atoms. The minimum absolute atomic E-state index is 0.0649. The lowest BCUT2D eigenvalue weighted by Gasteiger charge is -2.41. The van der Waals surface area contributed by atoms with Crippen LogP contribution in [0.4, 0.5) is 0 Å². The first-order valence-electron chi connectivity index (χ1n) is 9.44. The van der Waals surface area contributed by atoms with Crippen molar-refractivity contribution in [2.75, 3.05) is 6.61 Å². The van der Waals surface area contributed by atoms with Gasteiger partial charge in [-0.05, 0) is 60.7 Å². The second-order valence-corrected chi connectivity index (χ2v) is 10.0. The molecule has 4 nitrogen and oxygen atoms in total. The number of thioether (sulfide) groups is 1. The highest BCUT2D eigenvalue weighted by Gasteiger charge is 2.38. The predicted octanol–water partition coefficient (Wildman–Crippen LogP) is 5.63. The molecule has 5 heteroatoms. The normalized spacial score (nSPS) is 16.8. The summed E-state index contributed by atoms with van der Waals surface area (Å²) in [7, 11) is 0. The quantitative estimate of drug-likeness (QED) is 0.493. The highest BCUT2D eigenvalue weighted by molar-refractivity contribution is 8.00. The van der Waals surface area contributed by atoms with Gasteiger partial charge >= 0.3 is 11.9 Å². The summed E-state index contributed by atoms with van der Waals surface area (Å²) in [5, 5.41) is 0. The number of carbonyl (C=O) groups excluding carboxylic acids is 2. The summed E-state index contributed by atoms with van der Waals surface area (Å²) in [6.07, 6.45) is 1.08. The van der Waals surface area contributed by atoms with Crippen LogP contribution in [0.3, 0.4) is 0 Å². The highest BCUT2D eigenvalue weighted by Crippen LogP contribution is 2.51. The number of ether oxygens (including phenoxy) is 2. The first-order valence-corrected chi connectivity index (χ1v) is 10.3. The van der Waals surface area contributed by atoms with Crippen LogP contribution in [0, 0.1) is 0 Å². The molecule has 0 aliphatic carbocycles. The van der Waals surface area contributed by atoms with Crippen molar-refractivity contribution in [1.29, 1.82) is 0 Å². The Morgan fingerprint density at radius 2 is 1.61 bits per heavy atom. The van der Waals surface area contributed by atoms with Crippen LogP contribution in [0.2, 0.25) is 0 Å². The average Bonchev–Trinajstić information content (AvgIpc) is 2.60. The van der Waals surface area contributed by atoms with Gasteiger partial charge in [0.1, 0.15) is 5.75 Å². The fourth-order valence-electron chi connectivity index (χ4n) is 3.83. The van der Waals surface area contributed by atoms with E-state index in [1.807, 2.05) is 18.2 Å². The Balaban J connectivity index is 1.78. The summed E-state index contributed by atoms with van der Waals surface area (Å²) in [5.41, 5.74) is 2.28. The van der Waals surface area contributed by atoms with Crippen LogP contribution in [0.15, 0.2) is 47.4 Å². The smallest absolute Gasteiger partial charge is 0.343 e. The Morgan fingerprint density at radius 1 is 0.964 bits per heavy atom. The summed E-state index contributed by atoms with van der Waals surface area (Å²) in [6.45, 7) is 11.0. The van der Waals surface area contributed by atoms with Gasteiger partial charge in [0.2, 0.25) is 0 Å². The number of carbonyl (C=O) groups is 2. The molecule has 0 aromatic heterocycles. The fraction of sp³-hybridized carbons (Fsp3) is 0.391. The molecular formula is C23H26O4S. The number of rotatable bonds is 4. The third-order valence-electron chi connectivity index (χ3n) is 4.78. The maximum Gasteiger partial charge on any atom is 0.343 e. The van der Waals surface area contributed by atoms with E-state index in [4.69, 9.17) is 9.47 Å². The molecule has 2 aromatic carbocycles. The lowest BCUT2D eigenvalue weighted by Crippen LogP contribution is -2.33. The molecule has 148 valence electrons. The summed E-state index contributed by atoms with van der Waals surface area (Å²) in [5.74, 6) is -0.408. The molecule has 2 aromatic rings. The zero-order valence-electron chi connectivity index (χ0n) is 17.0. The summed E-state index contributed by atoms with van der Waals surface area (Å²) >= 11 is 1.80. The Bertz CT molecular complexity index is 897. The van der Waals surface area contributed by atoms with E-state index in [9.17, 15) is 9.59 Å². The van der Waals surface area contributed by atoms with E-state index in [0.717, 1.165) is 11.3 Å². The van der Waals surface area contributed by atoms with Gasteiger partial charge in [-0.25, -0.2) is 9.59 Å². The van der Waals surface area contributed by atoms with Crippen LogP contribution in [0.25, 0.3) is 0 Å². The summed E-state index contributed by atoms with van der Waals surface area (Å²) < 4.78 is 10.6. The van der Waals surface area contributed by atoms with Crippen molar-refractivity contribution < 1.29 is 19.1 Å². The molecule has 0 saturated heterocycles.